The van der Waals surface area contributed by atoms with E-state index in [1.165, 1.54) is 18.2 Å². The van der Waals surface area contributed by atoms with Gasteiger partial charge in [-0.2, -0.15) is 0 Å². The number of hydrogen-bond acceptors (Lipinski definition) is 2. The highest BCUT2D eigenvalue weighted by Gasteiger charge is 2.47. The maximum Gasteiger partial charge on any atom is 0.337 e. The second kappa shape index (κ2) is 5.95. The second-order valence-electron chi connectivity index (χ2n) is 4.28. The summed E-state index contributed by atoms with van der Waals surface area (Å²) in [6.45, 7) is 0. The van der Waals surface area contributed by atoms with E-state index in [-0.39, 0.29) is 15.6 Å². The van der Waals surface area contributed by atoms with Gasteiger partial charge in [0.1, 0.15) is 5.82 Å². The number of carboxylic acids is 1. The summed E-state index contributed by atoms with van der Waals surface area (Å²) in [6.07, 6.45) is 0. The molecular weight excluding hydrogens is 363 g/mol. The van der Waals surface area contributed by atoms with Crippen molar-refractivity contribution in [3.63, 3.8) is 0 Å². The van der Waals surface area contributed by atoms with E-state index in [1.807, 2.05) is 0 Å². The number of rotatable bonds is 4. The molecule has 21 heavy (non-hydrogen) atoms. The molecule has 1 atom stereocenters. The minimum atomic E-state index is -2.33. The van der Waals surface area contributed by atoms with E-state index < -0.39 is 22.4 Å². The number of Topliss-reactive ketones (excluding diaryl/α,β-unsaturated/α-hetero) is 1. The summed E-state index contributed by atoms with van der Waals surface area (Å²) >= 11 is 9.19. The maximum absolute atomic E-state index is 13.2. The first-order chi connectivity index (χ1) is 9.87. The fraction of sp³-hybridized carbons (Fsp3) is 0.0667. The van der Waals surface area contributed by atoms with Crippen LogP contribution < -0.4 is 0 Å². The minimum absolute atomic E-state index is 0.0214. The lowest BCUT2D eigenvalue weighted by molar-refractivity contribution is -0.139. The number of alkyl halides is 1. The van der Waals surface area contributed by atoms with Gasteiger partial charge < -0.3 is 5.11 Å². The van der Waals surface area contributed by atoms with Crippen LogP contribution in [0.5, 0.6) is 0 Å². The molecule has 6 heteroatoms. The number of benzene rings is 2. The van der Waals surface area contributed by atoms with E-state index in [9.17, 15) is 19.1 Å². The van der Waals surface area contributed by atoms with E-state index in [0.29, 0.717) is 0 Å². The molecule has 0 radical (unpaired) electrons. The number of hydrogen-bond donors (Lipinski definition) is 1. The molecule has 0 saturated heterocycles. The molecule has 0 aromatic heterocycles. The van der Waals surface area contributed by atoms with Gasteiger partial charge in [-0.05, 0) is 12.1 Å². The summed E-state index contributed by atoms with van der Waals surface area (Å²) in [5.41, 5.74) is 0.137. The van der Waals surface area contributed by atoms with Crippen LogP contribution in [0, 0.1) is 5.82 Å². The largest absolute Gasteiger partial charge is 0.479 e. The Hall–Kier alpha value is -1.72. The number of halogens is 3. The zero-order valence-electron chi connectivity index (χ0n) is 10.5. The molecule has 0 bridgehead atoms. The van der Waals surface area contributed by atoms with Gasteiger partial charge in [0.2, 0.25) is 4.87 Å². The molecule has 1 unspecified atom stereocenters. The van der Waals surface area contributed by atoms with Crippen LogP contribution in [0.1, 0.15) is 15.9 Å². The molecule has 2 aromatic rings. The quantitative estimate of drug-likeness (QED) is 0.502. The van der Waals surface area contributed by atoms with Crippen LogP contribution in [0.2, 0.25) is 0 Å². The average molecular weight is 372 g/mol. The second-order valence-corrected chi connectivity index (χ2v) is 5.70. The van der Waals surface area contributed by atoms with Crippen molar-refractivity contribution in [3.05, 3.63) is 69.9 Å². The summed E-state index contributed by atoms with van der Waals surface area (Å²) in [5.74, 6) is -2.88. The van der Waals surface area contributed by atoms with Gasteiger partial charge in [-0.1, -0.05) is 63.9 Å². The van der Waals surface area contributed by atoms with Gasteiger partial charge in [-0.15, -0.1) is 0 Å². The van der Waals surface area contributed by atoms with E-state index >= 15 is 0 Å². The molecule has 0 heterocycles. The molecule has 1 N–H and O–H groups in total. The van der Waals surface area contributed by atoms with Crippen LogP contribution >= 0.6 is 27.5 Å². The van der Waals surface area contributed by atoms with Crippen molar-refractivity contribution < 1.29 is 19.1 Å². The van der Waals surface area contributed by atoms with E-state index in [2.05, 4.69) is 15.9 Å². The van der Waals surface area contributed by atoms with Gasteiger partial charge in [0.15, 0.2) is 5.78 Å². The standard InChI is InChI=1S/C15H9BrClFO3/c16-12-8-10(18)6-7-11(12)15(17,14(20)21)13(19)9-4-2-1-3-5-9/h1-8H,(H,20,21). The summed E-state index contributed by atoms with van der Waals surface area (Å²) in [5, 5.41) is 9.44. The Morgan fingerprint density at radius 1 is 1.14 bits per heavy atom. The van der Waals surface area contributed by atoms with Crippen molar-refractivity contribution in [3.8, 4) is 0 Å². The van der Waals surface area contributed by atoms with Crippen molar-refractivity contribution in [2.75, 3.05) is 0 Å². The predicted octanol–water partition coefficient (Wildman–Crippen LogP) is 3.99. The smallest absolute Gasteiger partial charge is 0.337 e. The zero-order valence-corrected chi connectivity index (χ0v) is 12.9. The van der Waals surface area contributed by atoms with Gasteiger partial charge in [0, 0.05) is 15.6 Å². The van der Waals surface area contributed by atoms with Gasteiger partial charge in [0.25, 0.3) is 0 Å². The minimum Gasteiger partial charge on any atom is -0.479 e. The number of ketones is 1. The van der Waals surface area contributed by atoms with Crippen LogP contribution in [0.15, 0.2) is 53.0 Å². The van der Waals surface area contributed by atoms with E-state index in [1.54, 1.807) is 18.2 Å². The molecule has 0 amide bonds. The van der Waals surface area contributed by atoms with Gasteiger partial charge in [-0.3, -0.25) is 4.79 Å². The van der Waals surface area contributed by atoms with Crippen LogP contribution in [0.3, 0.4) is 0 Å². The third-order valence-electron chi connectivity index (χ3n) is 2.95. The molecule has 0 aliphatic carbocycles. The Bertz CT molecular complexity index is 705. The van der Waals surface area contributed by atoms with Crippen molar-refractivity contribution in [2.24, 2.45) is 0 Å². The number of carbonyl (C=O) groups is 2. The van der Waals surface area contributed by atoms with Crippen LogP contribution in [-0.2, 0) is 9.67 Å². The molecule has 2 rings (SSSR count). The van der Waals surface area contributed by atoms with Crippen molar-refractivity contribution in [1.29, 1.82) is 0 Å². The lowest BCUT2D eigenvalue weighted by Crippen LogP contribution is -2.39. The molecule has 0 fully saturated rings. The summed E-state index contributed by atoms with van der Waals surface area (Å²) in [7, 11) is 0. The van der Waals surface area contributed by atoms with E-state index in [4.69, 9.17) is 11.6 Å². The number of aliphatic carboxylic acids is 1. The van der Waals surface area contributed by atoms with E-state index in [0.717, 1.165) is 12.1 Å². The fourth-order valence-corrected chi connectivity index (χ4v) is 2.93. The molecule has 2 aromatic carbocycles. The van der Waals surface area contributed by atoms with Gasteiger partial charge in [0.05, 0.1) is 0 Å². The topological polar surface area (TPSA) is 54.4 Å². The first-order valence-electron chi connectivity index (χ1n) is 5.85. The Morgan fingerprint density at radius 3 is 2.29 bits per heavy atom. The Balaban J connectivity index is 2.61. The lowest BCUT2D eigenvalue weighted by Gasteiger charge is -2.22. The highest BCUT2D eigenvalue weighted by atomic mass is 79.9. The highest BCUT2D eigenvalue weighted by molar-refractivity contribution is 9.10. The zero-order chi connectivity index (χ0) is 15.6. The Labute approximate surface area is 133 Å². The predicted molar refractivity (Wildman–Crippen MR) is 80.0 cm³/mol. The summed E-state index contributed by atoms with van der Waals surface area (Å²) < 4.78 is 13.3. The highest BCUT2D eigenvalue weighted by Crippen LogP contribution is 2.38. The molecule has 0 aliphatic rings. The van der Waals surface area contributed by atoms with Crippen molar-refractivity contribution in [1.82, 2.24) is 0 Å². The van der Waals surface area contributed by atoms with Crippen molar-refractivity contribution in [2.45, 2.75) is 4.87 Å². The monoisotopic (exact) mass is 370 g/mol. The summed E-state index contributed by atoms with van der Waals surface area (Å²) in [4.78, 5) is 21.8. The summed E-state index contributed by atoms with van der Waals surface area (Å²) in [6, 6.07) is 11.1. The third kappa shape index (κ3) is 2.84. The molecular formula is C15H9BrClFO3. The Morgan fingerprint density at radius 2 is 1.76 bits per heavy atom. The average Bonchev–Trinajstić information content (AvgIpc) is 2.46. The molecule has 0 saturated carbocycles. The SMILES string of the molecule is O=C(O)C(Cl)(C(=O)c1ccccc1)c1ccc(F)cc1Br. The lowest BCUT2D eigenvalue weighted by atomic mass is 9.89. The number of carbonyl (C=O) groups excluding carboxylic acids is 1. The first-order valence-corrected chi connectivity index (χ1v) is 7.02. The van der Waals surface area contributed by atoms with Gasteiger partial charge >= 0.3 is 5.97 Å². The van der Waals surface area contributed by atoms with Crippen LogP contribution in [-0.4, -0.2) is 16.9 Å². The van der Waals surface area contributed by atoms with Crippen LogP contribution in [0.4, 0.5) is 4.39 Å². The number of carboxylic acid groups (broad SMARTS) is 1. The molecule has 0 spiro atoms. The molecule has 3 nitrogen and oxygen atoms in total. The molecule has 0 aliphatic heterocycles. The van der Waals surface area contributed by atoms with Crippen molar-refractivity contribution >= 4 is 39.3 Å². The van der Waals surface area contributed by atoms with Gasteiger partial charge in [-0.25, -0.2) is 9.18 Å². The first kappa shape index (κ1) is 15.7. The maximum atomic E-state index is 13.2. The third-order valence-corrected chi connectivity index (χ3v) is 4.14. The fourth-order valence-electron chi connectivity index (χ4n) is 1.89. The normalized spacial score (nSPS) is 13.5. The van der Waals surface area contributed by atoms with Crippen LogP contribution in [0.25, 0.3) is 0 Å². The Kier molecular flexibility index (Phi) is 4.44. The molecule has 108 valence electrons.